The molecule has 0 spiro atoms. The van der Waals surface area contributed by atoms with E-state index in [1.165, 1.54) is 18.5 Å². The van der Waals surface area contributed by atoms with Crippen molar-refractivity contribution in [2.45, 2.75) is 44.0 Å². The molecule has 6 heteroatoms. The molecule has 1 aromatic heterocycles. The summed E-state index contributed by atoms with van der Waals surface area (Å²) < 4.78 is 27.4. The smallest absolute Gasteiger partial charge is 0.243 e. The molecule has 1 fully saturated rings. The van der Waals surface area contributed by atoms with Crippen molar-refractivity contribution in [3.05, 3.63) is 23.5 Å². The molecule has 4 nitrogen and oxygen atoms in total. The van der Waals surface area contributed by atoms with Crippen LogP contribution in [0.1, 0.15) is 33.1 Å². The third kappa shape index (κ3) is 3.46. The van der Waals surface area contributed by atoms with Gasteiger partial charge in [0, 0.05) is 18.4 Å². The first-order valence-electron chi connectivity index (χ1n) is 6.52. The lowest BCUT2D eigenvalue weighted by molar-refractivity contribution is 0.249. The van der Waals surface area contributed by atoms with Crippen LogP contribution in [0.25, 0.3) is 0 Å². The zero-order valence-electron chi connectivity index (χ0n) is 11.1. The number of rotatable bonds is 3. The van der Waals surface area contributed by atoms with Gasteiger partial charge in [-0.15, -0.1) is 0 Å². The third-order valence-electron chi connectivity index (χ3n) is 3.76. The maximum Gasteiger partial charge on any atom is 0.243 e. The Bertz CT molecular complexity index is 547. The first-order valence-corrected chi connectivity index (χ1v) is 8.38. The van der Waals surface area contributed by atoms with Gasteiger partial charge in [-0.25, -0.2) is 13.1 Å². The van der Waals surface area contributed by atoms with E-state index in [4.69, 9.17) is 11.6 Å². The summed E-state index contributed by atoms with van der Waals surface area (Å²) in [5.41, 5.74) is 0. The molecule has 1 aliphatic rings. The van der Waals surface area contributed by atoms with E-state index in [0.717, 1.165) is 19.3 Å². The van der Waals surface area contributed by atoms with Gasteiger partial charge >= 0.3 is 0 Å². The highest BCUT2D eigenvalue weighted by Crippen LogP contribution is 2.30. The Kier molecular flexibility index (Phi) is 4.48. The molecule has 3 atom stereocenters. The molecule has 1 heterocycles. The Balaban J connectivity index is 2.16. The van der Waals surface area contributed by atoms with E-state index in [1.54, 1.807) is 0 Å². The topological polar surface area (TPSA) is 59.1 Å². The Labute approximate surface area is 119 Å². The highest BCUT2D eigenvalue weighted by atomic mass is 35.5. The number of nitrogens with zero attached hydrogens (tertiary/aromatic N) is 1. The minimum Gasteiger partial charge on any atom is -0.263 e. The van der Waals surface area contributed by atoms with E-state index in [-0.39, 0.29) is 16.0 Å². The average Bonchev–Trinajstić information content (AvgIpc) is 2.33. The van der Waals surface area contributed by atoms with E-state index in [9.17, 15) is 8.42 Å². The molecular formula is C13H19ClN2O2S. The molecule has 1 N–H and O–H groups in total. The van der Waals surface area contributed by atoms with E-state index in [2.05, 4.69) is 23.6 Å². The summed E-state index contributed by atoms with van der Waals surface area (Å²) in [5.74, 6) is 1.01. The Morgan fingerprint density at radius 2 is 2.11 bits per heavy atom. The van der Waals surface area contributed by atoms with Gasteiger partial charge in [0.25, 0.3) is 0 Å². The highest BCUT2D eigenvalue weighted by molar-refractivity contribution is 7.89. The zero-order valence-corrected chi connectivity index (χ0v) is 12.7. The minimum absolute atomic E-state index is 0.0162. The fraction of sp³-hybridized carbons (Fsp3) is 0.615. The predicted molar refractivity (Wildman–Crippen MR) is 75.5 cm³/mol. The summed E-state index contributed by atoms with van der Waals surface area (Å²) in [7, 11) is -3.59. The molecule has 1 aliphatic carbocycles. The van der Waals surface area contributed by atoms with Crippen molar-refractivity contribution in [3.63, 3.8) is 0 Å². The van der Waals surface area contributed by atoms with Crippen molar-refractivity contribution in [1.82, 2.24) is 9.71 Å². The Morgan fingerprint density at radius 1 is 1.37 bits per heavy atom. The number of nitrogens with one attached hydrogen (secondary N) is 1. The van der Waals surface area contributed by atoms with Gasteiger partial charge in [0.1, 0.15) is 4.90 Å². The van der Waals surface area contributed by atoms with Crippen LogP contribution in [0.4, 0.5) is 0 Å². The second-order valence-electron chi connectivity index (χ2n) is 5.43. The van der Waals surface area contributed by atoms with Gasteiger partial charge in [0.15, 0.2) is 0 Å². The van der Waals surface area contributed by atoms with Crippen molar-refractivity contribution >= 4 is 21.6 Å². The summed E-state index contributed by atoms with van der Waals surface area (Å²) >= 11 is 5.93. The molecule has 0 aliphatic heterocycles. The van der Waals surface area contributed by atoms with Crippen LogP contribution in [0.2, 0.25) is 5.02 Å². The molecule has 0 saturated heterocycles. The largest absolute Gasteiger partial charge is 0.263 e. The van der Waals surface area contributed by atoms with Crippen LogP contribution >= 0.6 is 11.6 Å². The zero-order chi connectivity index (χ0) is 14.0. The molecule has 0 radical (unpaired) electrons. The quantitative estimate of drug-likeness (QED) is 0.934. The molecule has 19 heavy (non-hydrogen) atoms. The van der Waals surface area contributed by atoms with Crippen LogP contribution in [0.5, 0.6) is 0 Å². The lowest BCUT2D eigenvalue weighted by Crippen LogP contribution is -2.42. The normalized spacial score (nSPS) is 28.3. The summed E-state index contributed by atoms with van der Waals surface area (Å²) in [5, 5.41) is 0.208. The number of hydrogen-bond donors (Lipinski definition) is 1. The maximum atomic E-state index is 12.3. The number of pyridine rings is 1. The Morgan fingerprint density at radius 3 is 2.74 bits per heavy atom. The Hall–Kier alpha value is -0.650. The molecule has 106 valence electrons. The molecule has 0 amide bonds. The number of sulfonamides is 1. The predicted octanol–water partition coefficient (Wildman–Crippen LogP) is 2.84. The number of aromatic nitrogens is 1. The summed E-state index contributed by atoms with van der Waals surface area (Å²) in [4.78, 5) is 3.89. The van der Waals surface area contributed by atoms with Gasteiger partial charge in [-0.1, -0.05) is 25.4 Å². The lowest BCUT2D eigenvalue weighted by Gasteiger charge is -2.32. The monoisotopic (exact) mass is 302 g/mol. The second-order valence-corrected chi connectivity index (χ2v) is 7.52. The van der Waals surface area contributed by atoms with Crippen molar-refractivity contribution in [1.29, 1.82) is 0 Å². The van der Waals surface area contributed by atoms with Gasteiger partial charge in [0.05, 0.1) is 5.02 Å². The minimum atomic E-state index is -3.59. The van der Waals surface area contributed by atoms with Crippen molar-refractivity contribution in [2.24, 2.45) is 11.8 Å². The number of halogens is 1. The molecule has 0 bridgehead atoms. The SMILES string of the molecule is CC1CCC(NS(=O)(=O)c2cnccc2Cl)C(C)C1. The average molecular weight is 303 g/mol. The number of hydrogen-bond acceptors (Lipinski definition) is 3. The summed E-state index contributed by atoms with van der Waals surface area (Å²) in [6, 6.07) is 1.47. The molecule has 0 aromatic carbocycles. The van der Waals surface area contributed by atoms with E-state index < -0.39 is 10.0 Å². The van der Waals surface area contributed by atoms with Crippen molar-refractivity contribution in [3.8, 4) is 0 Å². The van der Waals surface area contributed by atoms with Crippen LogP contribution in [-0.2, 0) is 10.0 Å². The van der Waals surface area contributed by atoms with Crippen molar-refractivity contribution in [2.75, 3.05) is 0 Å². The van der Waals surface area contributed by atoms with Crippen LogP contribution in [0.3, 0.4) is 0 Å². The molecular weight excluding hydrogens is 284 g/mol. The van der Waals surface area contributed by atoms with Crippen LogP contribution in [-0.4, -0.2) is 19.4 Å². The summed E-state index contributed by atoms with van der Waals surface area (Å²) in [6.07, 6.45) is 5.75. The third-order valence-corrected chi connectivity index (χ3v) is 5.72. The molecule has 1 saturated carbocycles. The van der Waals surface area contributed by atoms with Gasteiger partial charge in [-0.2, -0.15) is 0 Å². The van der Waals surface area contributed by atoms with E-state index in [0.29, 0.717) is 11.8 Å². The molecule has 3 unspecified atom stereocenters. The molecule has 2 rings (SSSR count). The lowest BCUT2D eigenvalue weighted by atomic mass is 9.80. The van der Waals surface area contributed by atoms with E-state index in [1.807, 2.05) is 0 Å². The first-order chi connectivity index (χ1) is 8.90. The highest BCUT2D eigenvalue weighted by Gasteiger charge is 2.30. The fourth-order valence-corrected chi connectivity index (χ4v) is 4.47. The maximum absolute atomic E-state index is 12.3. The van der Waals surface area contributed by atoms with E-state index >= 15 is 0 Å². The van der Waals surface area contributed by atoms with Gasteiger partial charge in [-0.05, 0) is 37.2 Å². The van der Waals surface area contributed by atoms with Gasteiger partial charge in [0.2, 0.25) is 10.0 Å². The van der Waals surface area contributed by atoms with Crippen LogP contribution in [0, 0.1) is 11.8 Å². The fourth-order valence-electron chi connectivity index (χ4n) is 2.66. The van der Waals surface area contributed by atoms with Crippen LogP contribution in [0.15, 0.2) is 23.4 Å². The van der Waals surface area contributed by atoms with Crippen molar-refractivity contribution < 1.29 is 8.42 Å². The second kappa shape index (κ2) is 5.77. The standard InChI is InChI=1S/C13H19ClN2O2S/c1-9-3-4-12(10(2)7-9)16-19(17,18)13-8-15-6-5-11(13)14/h5-6,8-10,12,16H,3-4,7H2,1-2H3. The summed E-state index contributed by atoms with van der Waals surface area (Å²) in [6.45, 7) is 4.30. The molecule has 1 aromatic rings. The van der Waals surface area contributed by atoms with Crippen LogP contribution < -0.4 is 4.72 Å². The van der Waals surface area contributed by atoms with Gasteiger partial charge < -0.3 is 0 Å². The van der Waals surface area contributed by atoms with Gasteiger partial charge in [-0.3, -0.25) is 4.98 Å². The first kappa shape index (κ1) is 14.8.